The topological polar surface area (TPSA) is 87.1 Å². The number of amides is 1. The third kappa shape index (κ3) is 2.50. The third-order valence-corrected chi connectivity index (χ3v) is 3.89. The van der Waals surface area contributed by atoms with Crippen LogP contribution in [0.5, 0.6) is 0 Å². The molecular formula is C15H17N3O3. The zero-order chi connectivity index (χ0) is 15.0. The lowest BCUT2D eigenvalue weighted by Crippen LogP contribution is -2.32. The zero-order valence-corrected chi connectivity index (χ0v) is 11.7. The largest absolute Gasteiger partial charge is 0.396 e. The van der Waals surface area contributed by atoms with E-state index in [1.165, 1.54) is 4.57 Å². The number of aromatic amines is 1. The van der Waals surface area contributed by atoms with E-state index in [4.69, 9.17) is 5.11 Å². The molecule has 2 atom stereocenters. The van der Waals surface area contributed by atoms with Gasteiger partial charge in [0, 0.05) is 31.2 Å². The van der Waals surface area contributed by atoms with Crippen LogP contribution >= 0.6 is 0 Å². The fraction of sp³-hybridized carbons (Fsp3) is 0.333. The molecule has 1 aliphatic carbocycles. The van der Waals surface area contributed by atoms with Gasteiger partial charge in [-0.05, 0) is 24.6 Å². The van der Waals surface area contributed by atoms with Crippen LogP contribution in [-0.4, -0.2) is 33.2 Å². The maximum atomic E-state index is 12.2. The van der Waals surface area contributed by atoms with Crippen molar-refractivity contribution >= 4 is 16.9 Å². The summed E-state index contributed by atoms with van der Waals surface area (Å²) in [5, 5.41) is 12.0. The first-order valence-electron chi connectivity index (χ1n) is 6.87. The molecule has 0 saturated carbocycles. The lowest BCUT2D eigenvalue weighted by molar-refractivity contribution is 0.0941. The van der Waals surface area contributed by atoms with Gasteiger partial charge in [-0.2, -0.15) is 0 Å². The van der Waals surface area contributed by atoms with Crippen molar-refractivity contribution in [1.82, 2.24) is 14.9 Å². The smallest absolute Gasteiger partial charge is 0.326 e. The van der Waals surface area contributed by atoms with Gasteiger partial charge in [-0.25, -0.2) is 4.79 Å². The lowest BCUT2D eigenvalue weighted by Gasteiger charge is -2.12. The van der Waals surface area contributed by atoms with Crippen molar-refractivity contribution in [2.24, 2.45) is 13.0 Å². The molecule has 1 aliphatic rings. The van der Waals surface area contributed by atoms with Crippen LogP contribution in [0.2, 0.25) is 0 Å². The number of H-pyrrole nitrogens is 1. The van der Waals surface area contributed by atoms with Crippen molar-refractivity contribution in [2.45, 2.75) is 12.5 Å². The second kappa shape index (κ2) is 5.21. The van der Waals surface area contributed by atoms with Crippen LogP contribution in [0.15, 0.2) is 35.1 Å². The fourth-order valence-electron chi connectivity index (χ4n) is 2.65. The number of aliphatic hydroxyl groups is 1. The Morgan fingerprint density at radius 1 is 1.48 bits per heavy atom. The van der Waals surface area contributed by atoms with Gasteiger partial charge in [0.1, 0.15) is 0 Å². The van der Waals surface area contributed by atoms with E-state index in [0.29, 0.717) is 17.5 Å². The summed E-state index contributed by atoms with van der Waals surface area (Å²) in [5.41, 5.74) is 1.71. The maximum Gasteiger partial charge on any atom is 0.326 e. The van der Waals surface area contributed by atoms with Crippen molar-refractivity contribution in [1.29, 1.82) is 0 Å². The Morgan fingerprint density at radius 3 is 3.00 bits per heavy atom. The van der Waals surface area contributed by atoms with E-state index in [1.807, 2.05) is 12.2 Å². The minimum absolute atomic E-state index is 0.0554. The molecule has 110 valence electrons. The monoisotopic (exact) mass is 287 g/mol. The van der Waals surface area contributed by atoms with E-state index in [0.717, 1.165) is 5.52 Å². The van der Waals surface area contributed by atoms with E-state index in [9.17, 15) is 9.59 Å². The van der Waals surface area contributed by atoms with Crippen LogP contribution in [0, 0.1) is 5.92 Å². The summed E-state index contributed by atoms with van der Waals surface area (Å²) in [6.07, 6.45) is 4.54. The predicted molar refractivity (Wildman–Crippen MR) is 79.1 cm³/mol. The van der Waals surface area contributed by atoms with Gasteiger partial charge in [-0.15, -0.1) is 0 Å². The molecule has 1 heterocycles. The zero-order valence-electron chi connectivity index (χ0n) is 11.7. The molecule has 2 aromatic rings. The van der Waals surface area contributed by atoms with Gasteiger partial charge in [-0.3, -0.25) is 9.36 Å². The second-order valence-corrected chi connectivity index (χ2v) is 5.36. The Balaban J connectivity index is 1.79. The molecule has 21 heavy (non-hydrogen) atoms. The van der Waals surface area contributed by atoms with Gasteiger partial charge >= 0.3 is 5.69 Å². The molecule has 1 aromatic heterocycles. The molecule has 6 nitrogen and oxygen atoms in total. The van der Waals surface area contributed by atoms with E-state index < -0.39 is 0 Å². The average Bonchev–Trinajstić information content (AvgIpc) is 3.04. The van der Waals surface area contributed by atoms with Crippen LogP contribution in [0.4, 0.5) is 0 Å². The molecule has 0 bridgehead atoms. The van der Waals surface area contributed by atoms with Gasteiger partial charge in [-0.1, -0.05) is 12.2 Å². The number of aryl methyl sites for hydroxylation is 1. The Bertz CT molecular complexity index is 772. The molecule has 1 amide bonds. The number of hydrogen-bond acceptors (Lipinski definition) is 3. The van der Waals surface area contributed by atoms with Gasteiger partial charge in [0.05, 0.1) is 11.0 Å². The summed E-state index contributed by atoms with van der Waals surface area (Å²) in [5.74, 6) is -0.0712. The van der Waals surface area contributed by atoms with Crippen LogP contribution in [0.3, 0.4) is 0 Å². The molecule has 3 rings (SSSR count). The Morgan fingerprint density at radius 2 is 2.29 bits per heavy atom. The average molecular weight is 287 g/mol. The highest BCUT2D eigenvalue weighted by Crippen LogP contribution is 2.18. The van der Waals surface area contributed by atoms with Gasteiger partial charge < -0.3 is 15.4 Å². The van der Waals surface area contributed by atoms with E-state index >= 15 is 0 Å². The number of aromatic nitrogens is 2. The Kier molecular flexibility index (Phi) is 3.39. The summed E-state index contributed by atoms with van der Waals surface area (Å²) in [6.45, 7) is 0.0973. The molecule has 6 heteroatoms. The first-order valence-corrected chi connectivity index (χ1v) is 6.87. The number of hydrogen-bond donors (Lipinski definition) is 3. The number of carbonyl (C=O) groups is 1. The third-order valence-electron chi connectivity index (χ3n) is 3.89. The minimum Gasteiger partial charge on any atom is -0.396 e. The van der Waals surface area contributed by atoms with E-state index in [-0.39, 0.29) is 30.2 Å². The first kappa shape index (κ1) is 13.6. The van der Waals surface area contributed by atoms with Crippen molar-refractivity contribution < 1.29 is 9.90 Å². The number of imidazole rings is 1. The molecule has 0 unspecified atom stereocenters. The van der Waals surface area contributed by atoms with Crippen molar-refractivity contribution in [3.63, 3.8) is 0 Å². The summed E-state index contributed by atoms with van der Waals surface area (Å²) in [6, 6.07) is 5.07. The maximum absolute atomic E-state index is 12.2. The molecule has 0 spiro atoms. The highest BCUT2D eigenvalue weighted by molar-refractivity contribution is 5.97. The minimum atomic E-state index is -0.202. The normalized spacial score (nSPS) is 21.0. The van der Waals surface area contributed by atoms with E-state index in [1.54, 1.807) is 25.2 Å². The number of rotatable bonds is 3. The van der Waals surface area contributed by atoms with Crippen molar-refractivity contribution in [3.05, 3.63) is 46.4 Å². The lowest BCUT2D eigenvalue weighted by atomic mass is 10.1. The molecule has 0 aliphatic heterocycles. The number of nitrogens with one attached hydrogen (secondary N) is 2. The number of fused-ring (bicyclic) bond motifs is 1. The van der Waals surface area contributed by atoms with Crippen molar-refractivity contribution in [3.8, 4) is 0 Å². The highest BCUT2D eigenvalue weighted by Gasteiger charge is 2.20. The molecule has 3 N–H and O–H groups in total. The quantitative estimate of drug-likeness (QED) is 0.720. The van der Waals surface area contributed by atoms with Crippen LogP contribution < -0.4 is 11.0 Å². The van der Waals surface area contributed by atoms with E-state index in [2.05, 4.69) is 10.3 Å². The number of benzene rings is 1. The van der Waals surface area contributed by atoms with Gasteiger partial charge in [0.2, 0.25) is 0 Å². The second-order valence-electron chi connectivity index (χ2n) is 5.36. The number of carbonyl (C=O) groups excluding carboxylic acids is 1. The van der Waals surface area contributed by atoms with Crippen LogP contribution in [-0.2, 0) is 7.05 Å². The number of nitrogens with zero attached hydrogens (tertiary/aromatic N) is 1. The number of aliphatic hydroxyl groups excluding tert-OH is 1. The molecule has 0 radical (unpaired) electrons. The summed E-state index contributed by atoms with van der Waals surface area (Å²) in [7, 11) is 1.68. The van der Waals surface area contributed by atoms with Gasteiger partial charge in [0.15, 0.2) is 0 Å². The predicted octanol–water partition coefficient (Wildman–Crippen LogP) is 0.533. The van der Waals surface area contributed by atoms with Crippen molar-refractivity contribution in [2.75, 3.05) is 6.61 Å². The van der Waals surface area contributed by atoms with Crippen LogP contribution in [0.25, 0.3) is 11.0 Å². The highest BCUT2D eigenvalue weighted by atomic mass is 16.3. The Hall–Kier alpha value is -2.34. The SMILES string of the molecule is Cn1c(=O)[nH]c2cc(C(=O)N[C@@H]3C=C[C@H](CO)C3)ccc21. The molecule has 0 fully saturated rings. The Labute approximate surface area is 121 Å². The molecular weight excluding hydrogens is 270 g/mol. The summed E-state index contributed by atoms with van der Waals surface area (Å²) in [4.78, 5) is 26.5. The summed E-state index contributed by atoms with van der Waals surface area (Å²) < 4.78 is 1.50. The summed E-state index contributed by atoms with van der Waals surface area (Å²) >= 11 is 0. The molecule has 0 saturated heterocycles. The fourth-order valence-corrected chi connectivity index (χ4v) is 2.65. The standard InChI is InChI=1S/C15H17N3O3/c1-18-13-5-3-10(7-12(13)17-15(18)21)14(20)16-11-4-2-9(6-11)8-19/h2-5,7,9,11,19H,6,8H2,1H3,(H,16,20)(H,17,21)/t9-,11+/m0/s1. The first-order chi connectivity index (χ1) is 10.1. The van der Waals surface area contributed by atoms with Gasteiger partial charge in [0.25, 0.3) is 5.91 Å². The molecule has 1 aromatic carbocycles. The van der Waals surface area contributed by atoms with Crippen LogP contribution in [0.1, 0.15) is 16.8 Å².